The highest BCUT2D eigenvalue weighted by atomic mass is 32.2. The summed E-state index contributed by atoms with van der Waals surface area (Å²) in [4.78, 5) is 8.81. The number of unbranched alkanes of at least 4 members (excludes halogenated alkanes) is 1. The van der Waals surface area contributed by atoms with E-state index in [-0.39, 0.29) is 23.5 Å². The van der Waals surface area contributed by atoms with E-state index < -0.39 is 20.0 Å². The molecule has 0 saturated carbocycles. The summed E-state index contributed by atoms with van der Waals surface area (Å²) >= 11 is 1.25. The molecule has 0 aromatic heterocycles. The van der Waals surface area contributed by atoms with Crippen LogP contribution in [0, 0.1) is 0 Å². The average molecular weight is 517 g/mol. The van der Waals surface area contributed by atoms with Crippen LogP contribution in [-0.4, -0.2) is 37.0 Å². The van der Waals surface area contributed by atoms with E-state index in [0.29, 0.717) is 37.5 Å². The molecule has 0 radical (unpaired) electrons. The lowest BCUT2D eigenvalue weighted by Crippen LogP contribution is -2.46. The van der Waals surface area contributed by atoms with Crippen molar-refractivity contribution in [2.45, 2.75) is 48.7 Å². The van der Waals surface area contributed by atoms with Gasteiger partial charge in [-0.25, -0.2) is 0 Å². The maximum absolute atomic E-state index is 13.6. The molecule has 1 aliphatic rings. The number of nitrogens with one attached hydrogen (secondary N) is 1. The maximum Gasteiger partial charge on any atom is 0.694 e. The van der Waals surface area contributed by atoms with Gasteiger partial charge in [-0.1, -0.05) is 42.8 Å². The van der Waals surface area contributed by atoms with Gasteiger partial charge in [0.1, 0.15) is 6.61 Å². The lowest BCUT2D eigenvalue weighted by molar-refractivity contribution is -0.139. The first kappa shape index (κ1) is 27.1. The quantitative estimate of drug-likeness (QED) is 0.180. The van der Waals surface area contributed by atoms with E-state index in [2.05, 4.69) is 22.0 Å². The van der Waals surface area contributed by atoms with Gasteiger partial charge < -0.3 is 10.1 Å². The van der Waals surface area contributed by atoms with Crippen molar-refractivity contribution >= 4 is 20.0 Å². The summed E-state index contributed by atoms with van der Waals surface area (Å²) in [5.74, 6) is 0.625. The Balaban J connectivity index is 1.46. The van der Waals surface area contributed by atoms with Crippen molar-refractivity contribution in [3.8, 4) is 0 Å². The number of ether oxygens (including phenoxy) is 1. The predicted molar refractivity (Wildman–Crippen MR) is 127 cm³/mol. The zero-order valence-electron chi connectivity index (χ0n) is 18.9. The largest absolute Gasteiger partial charge is 0.694 e. The van der Waals surface area contributed by atoms with E-state index >= 15 is 0 Å². The van der Waals surface area contributed by atoms with Crippen LogP contribution >= 0.6 is 20.0 Å². The van der Waals surface area contributed by atoms with Crippen molar-refractivity contribution in [1.29, 1.82) is 0 Å². The molecule has 0 spiro atoms. The Bertz CT molecular complexity index is 926. The van der Waals surface area contributed by atoms with Crippen LogP contribution in [0.1, 0.15) is 42.4 Å². The molecule has 5 nitrogen and oxygen atoms in total. The molecule has 0 bridgehead atoms. The van der Waals surface area contributed by atoms with Gasteiger partial charge in [-0.3, -0.25) is 0 Å². The lowest BCUT2D eigenvalue weighted by atomic mass is 9.75. The Morgan fingerprint density at radius 2 is 1.88 bits per heavy atom. The van der Waals surface area contributed by atoms with Crippen molar-refractivity contribution in [3.63, 3.8) is 0 Å². The molecule has 3 rings (SSSR count). The zero-order chi connectivity index (χ0) is 24.4. The fourth-order valence-electron chi connectivity index (χ4n) is 3.95. The molecule has 0 amide bonds. The van der Waals surface area contributed by atoms with Crippen LogP contribution < -0.4 is 5.32 Å². The van der Waals surface area contributed by atoms with Gasteiger partial charge in [0.25, 0.3) is 0 Å². The number of rotatable bonds is 14. The van der Waals surface area contributed by atoms with Crippen LogP contribution in [0.3, 0.4) is 0 Å². The second kappa shape index (κ2) is 13.0. The first-order chi connectivity index (χ1) is 16.3. The van der Waals surface area contributed by atoms with Crippen LogP contribution in [0.25, 0.3) is 0 Å². The average Bonchev–Trinajstić information content (AvgIpc) is 2.77. The Morgan fingerprint density at radius 3 is 2.53 bits per heavy atom. The normalized spacial score (nSPS) is 15.7. The van der Waals surface area contributed by atoms with Crippen molar-refractivity contribution < 1.29 is 31.9 Å². The van der Waals surface area contributed by atoms with Crippen LogP contribution in [0.15, 0.2) is 53.4 Å². The first-order valence-corrected chi connectivity index (χ1v) is 13.4. The third kappa shape index (κ3) is 8.04. The Morgan fingerprint density at radius 1 is 1.12 bits per heavy atom. The van der Waals surface area contributed by atoms with Gasteiger partial charge >= 0.3 is 14.4 Å². The van der Waals surface area contributed by atoms with E-state index in [9.17, 15) is 17.7 Å². The minimum absolute atomic E-state index is 0.0412. The summed E-state index contributed by atoms with van der Waals surface area (Å²) in [6.07, 6.45) is -1.20. The number of alkyl halides is 3. The number of benzene rings is 2. The predicted octanol–water partition coefficient (Wildman–Crippen LogP) is 6.08. The van der Waals surface area contributed by atoms with E-state index in [1.165, 1.54) is 23.4 Å². The number of hydrogen-bond donors (Lipinski definition) is 2. The van der Waals surface area contributed by atoms with E-state index in [4.69, 9.17) is 9.63 Å². The topological polar surface area (TPSA) is 67.8 Å². The fraction of sp³-hybridized carbons (Fsp3) is 0.500. The third-order valence-electron chi connectivity index (χ3n) is 5.83. The van der Waals surface area contributed by atoms with Gasteiger partial charge in [0.2, 0.25) is 0 Å². The molecule has 2 N–H and O–H groups in total. The highest BCUT2D eigenvalue weighted by Gasteiger charge is 2.39. The van der Waals surface area contributed by atoms with Gasteiger partial charge in [0, 0.05) is 21.4 Å². The van der Waals surface area contributed by atoms with Crippen LogP contribution in [0.5, 0.6) is 0 Å². The highest BCUT2D eigenvalue weighted by Crippen LogP contribution is 2.39. The van der Waals surface area contributed by atoms with Gasteiger partial charge in [-0.15, -0.1) is 21.2 Å². The molecule has 1 fully saturated rings. The van der Waals surface area contributed by atoms with Crippen molar-refractivity contribution in [2.24, 2.45) is 0 Å². The molecule has 2 aromatic carbocycles. The van der Waals surface area contributed by atoms with Gasteiger partial charge in [0.15, 0.2) is 0 Å². The molecule has 1 heterocycles. The van der Waals surface area contributed by atoms with Gasteiger partial charge in [-0.2, -0.15) is 13.2 Å². The van der Waals surface area contributed by atoms with E-state index in [1.807, 2.05) is 18.2 Å². The summed E-state index contributed by atoms with van der Waals surface area (Å²) in [6, 6.07) is 14.7. The highest BCUT2D eigenvalue weighted by molar-refractivity contribution is 7.99. The second-order valence-corrected chi connectivity index (χ2v) is 10.2. The maximum atomic E-state index is 13.6. The van der Waals surface area contributed by atoms with Crippen molar-refractivity contribution in [3.05, 3.63) is 65.2 Å². The monoisotopic (exact) mass is 516 g/mol. The summed E-state index contributed by atoms with van der Waals surface area (Å²) in [5, 5.41) is 3.03. The molecule has 1 aliphatic heterocycles. The molecule has 2 aromatic rings. The Labute approximate surface area is 203 Å². The molecular weight excluding hydrogens is 486 g/mol. The summed E-state index contributed by atoms with van der Waals surface area (Å²) in [5.41, 5.74) is 1.25. The molecule has 1 saturated heterocycles. The Hall–Kier alpha value is -1.48. The minimum atomic E-state index is -4.42. The summed E-state index contributed by atoms with van der Waals surface area (Å²) in [6.45, 7) is 2.26. The second-order valence-electron chi connectivity index (χ2n) is 8.37. The van der Waals surface area contributed by atoms with Crippen LogP contribution in [0.2, 0.25) is 0 Å². The fourth-order valence-corrected chi connectivity index (χ4v) is 5.30. The molecular formula is C24H30F3NO4PS+. The van der Waals surface area contributed by atoms with E-state index in [0.717, 1.165) is 19.3 Å². The number of thioether (sulfide) groups is 1. The summed E-state index contributed by atoms with van der Waals surface area (Å²) < 4.78 is 61.4. The smallest absolute Gasteiger partial charge is 0.379 e. The molecule has 34 heavy (non-hydrogen) atoms. The Kier molecular flexibility index (Phi) is 10.4. The lowest BCUT2D eigenvalue weighted by Gasteiger charge is -2.42. The van der Waals surface area contributed by atoms with Gasteiger partial charge in [-0.05, 0) is 54.8 Å². The van der Waals surface area contributed by atoms with Crippen molar-refractivity contribution in [2.75, 3.05) is 32.1 Å². The van der Waals surface area contributed by atoms with Crippen LogP contribution in [-0.2, 0) is 32.0 Å². The molecule has 1 unspecified atom stereocenters. The first-order valence-electron chi connectivity index (χ1n) is 11.3. The molecule has 0 aliphatic carbocycles. The molecule has 186 valence electrons. The number of halogens is 3. The molecule has 1 atom stereocenters. The van der Waals surface area contributed by atoms with Gasteiger partial charge in [0.05, 0.1) is 18.8 Å². The van der Waals surface area contributed by atoms with E-state index in [1.54, 1.807) is 12.1 Å². The minimum Gasteiger partial charge on any atom is -0.379 e. The standard InChI is InChI=1S/C24H29F3NO4PS/c25-24(26,27)21-15-19(16-28-12-6-13-32-33(29)30)9-10-22(21)34-14-5-4-11-23(17-31-18-23)20-7-2-1-3-8-20/h1-3,7-10,15,28H,4-6,11-14,16-18H2/p+1. The molecule has 10 heteroatoms. The third-order valence-corrected chi connectivity index (χ3v) is 7.39. The van der Waals surface area contributed by atoms with Crippen molar-refractivity contribution in [1.82, 2.24) is 5.32 Å². The SMILES string of the molecule is O=[P+](O)OCCCNCc1ccc(SCCCCC2(c3ccccc3)COC2)c(C(F)(F)F)c1. The zero-order valence-corrected chi connectivity index (χ0v) is 20.6. The summed E-state index contributed by atoms with van der Waals surface area (Å²) in [7, 11) is -2.62. The number of hydrogen-bond acceptors (Lipinski definition) is 5. The van der Waals surface area contributed by atoms with Crippen LogP contribution in [0.4, 0.5) is 13.2 Å².